The molecule has 0 aliphatic carbocycles. The summed E-state index contributed by atoms with van der Waals surface area (Å²) in [6.07, 6.45) is 2.23. The molecule has 1 amide bonds. The van der Waals surface area contributed by atoms with Gasteiger partial charge in [-0.3, -0.25) is 4.79 Å². The summed E-state index contributed by atoms with van der Waals surface area (Å²) in [4.78, 5) is 14.8. The first-order chi connectivity index (χ1) is 12.6. The zero-order valence-corrected chi connectivity index (χ0v) is 17.0. The predicted molar refractivity (Wildman–Crippen MR) is 107 cm³/mol. The van der Waals surface area contributed by atoms with Crippen LogP contribution in [0.5, 0.6) is 5.75 Å². The van der Waals surface area contributed by atoms with Crippen LogP contribution in [0.2, 0.25) is 0 Å². The van der Waals surface area contributed by atoms with Crippen LogP contribution >= 0.6 is 12.4 Å². The van der Waals surface area contributed by atoms with Gasteiger partial charge < -0.3 is 19.5 Å². The van der Waals surface area contributed by atoms with Crippen LogP contribution < -0.4 is 10.1 Å². The topological polar surface area (TPSA) is 67.6 Å². The Morgan fingerprint density at radius 3 is 2.93 bits per heavy atom. The van der Waals surface area contributed by atoms with Gasteiger partial charge in [0.2, 0.25) is 0 Å². The first-order valence-corrected chi connectivity index (χ1v) is 9.17. The van der Waals surface area contributed by atoms with Crippen LogP contribution in [-0.4, -0.2) is 42.6 Å². The summed E-state index contributed by atoms with van der Waals surface area (Å²) in [5, 5.41) is 7.15. The van der Waals surface area contributed by atoms with Crippen molar-refractivity contribution in [1.82, 2.24) is 15.4 Å². The standard InChI is InChI=1S/C20H27N3O3.ClH/c1-14-19(15(2)26-22-14)13-25-18-8-4-7-17(10-18)20(24)23-9-5-6-16(12-23)11-21-3;/h4,7-8,10,16,21H,5-6,9,11-13H2,1-3H3;1H. The summed E-state index contributed by atoms with van der Waals surface area (Å²) in [6, 6.07) is 7.41. The number of likely N-dealkylation sites (tertiary alicyclic amines) is 1. The van der Waals surface area contributed by atoms with E-state index in [1.54, 1.807) is 0 Å². The minimum atomic E-state index is 0. The quantitative estimate of drug-likeness (QED) is 0.815. The Balaban J connectivity index is 0.00000261. The van der Waals surface area contributed by atoms with Crippen LogP contribution in [0, 0.1) is 19.8 Å². The van der Waals surface area contributed by atoms with Gasteiger partial charge in [-0.25, -0.2) is 0 Å². The molecule has 6 nitrogen and oxygen atoms in total. The number of piperidine rings is 1. The van der Waals surface area contributed by atoms with E-state index in [2.05, 4.69) is 10.5 Å². The van der Waals surface area contributed by atoms with E-state index in [1.165, 1.54) is 6.42 Å². The van der Waals surface area contributed by atoms with Gasteiger partial charge in [-0.05, 0) is 64.4 Å². The van der Waals surface area contributed by atoms with Crippen LogP contribution in [0.25, 0.3) is 0 Å². The molecule has 1 fully saturated rings. The van der Waals surface area contributed by atoms with Crippen molar-refractivity contribution in [2.75, 3.05) is 26.7 Å². The summed E-state index contributed by atoms with van der Waals surface area (Å²) in [5.74, 6) is 2.04. The summed E-state index contributed by atoms with van der Waals surface area (Å²) in [7, 11) is 1.96. The monoisotopic (exact) mass is 393 g/mol. The van der Waals surface area contributed by atoms with Crippen LogP contribution in [0.15, 0.2) is 28.8 Å². The molecule has 7 heteroatoms. The molecule has 1 atom stereocenters. The third kappa shape index (κ3) is 5.23. The number of rotatable bonds is 6. The molecule has 2 heterocycles. The highest BCUT2D eigenvalue weighted by Gasteiger charge is 2.24. The lowest BCUT2D eigenvalue weighted by atomic mass is 9.97. The van der Waals surface area contributed by atoms with Gasteiger partial charge >= 0.3 is 0 Å². The smallest absolute Gasteiger partial charge is 0.253 e. The van der Waals surface area contributed by atoms with Crippen LogP contribution in [0.1, 0.15) is 40.2 Å². The first kappa shape index (κ1) is 21.3. The maximum Gasteiger partial charge on any atom is 0.253 e. The van der Waals surface area contributed by atoms with Crippen LogP contribution in [-0.2, 0) is 6.61 Å². The average Bonchev–Trinajstić information content (AvgIpc) is 2.98. The van der Waals surface area contributed by atoms with Crippen molar-refractivity contribution in [3.8, 4) is 5.75 Å². The Morgan fingerprint density at radius 1 is 1.41 bits per heavy atom. The van der Waals surface area contributed by atoms with Crippen molar-refractivity contribution in [2.45, 2.75) is 33.3 Å². The molecule has 1 unspecified atom stereocenters. The largest absolute Gasteiger partial charge is 0.489 e. The number of nitrogens with zero attached hydrogens (tertiary/aromatic N) is 2. The predicted octanol–water partition coefficient (Wildman–Crippen LogP) is 3.36. The molecular weight excluding hydrogens is 366 g/mol. The van der Waals surface area contributed by atoms with E-state index in [-0.39, 0.29) is 18.3 Å². The lowest BCUT2D eigenvalue weighted by Gasteiger charge is -2.32. The minimum Gasteiger partial charge on any atom is -0.489 e. The summed E-state index contributed by atoms with van der Waals surface area (Å²) >= 11 is 0. The Kier molecular flexibility index (Phi) is 7.68. The Bertz CT molecular complexity index is 741. The Hall–Kier alpha value is -2.05. The molecule has 1 aliphatic heterocycles. The molecular formula is C20H28ClN3O3. The van der Waals surface area contributed by atoms with E-state index in [1.807, 2.05) is 50.1 Å². The number of ether oxygens (including phenoxy) is 1. The molecule has 1 aromatic heterocycles. The number of aromatic nitrogens is 1. The van der Waals surface area contributed by atoms with Gasteiger partial charge in [0.05, 0.1) is 11.3 Å². The summed E-state index contributed by atoms with van der Waals surface area (Å²) < 4.78 is 11.0. The lowest BCUT2D eigenvalue weighted by molar-refractivity contribution is 0.0673. The van der Waals surface area contributed by atoms with Crippen LogP contribution in [0.4, 0.5) is 0 Å². The van der Waals surface area contributed by atoms with E-state index in [0.717, 1.165) is 43.1 Å². The summed E-state index contributed by atoms with van der Waals surface area (Å²) in [6.45, 7) is 6.73. The van der Waals surface area contributed by atoms with Gasteiger partial charge in [-0.1, -0.05) is 11.2 Å². The number of hydrogen-bond acceptors (Lipinski definition) is 5. The highest BCUT2D eigenvalue weighted by molar-refractivity contribution is 5.94. The number of aryl methyl sites for hydroxylation is 2. The van der Waals surface area contributed by atoms with E-state index < -0.39 is 0 Å². The van der Waals surface area contributed by atoms with Gasteiger partial charge in [0.25, 0.3) is 5.91 Å². The van der Waals surface area contributed by atoms with E-state index in [9.17, 15) is 4.79 Å². The third-order valence-corrected chi connectivity index (χ3v) is 4.94. The molecule has 1 aliphatic rings. The van der Waals surface area contributed by atoms with Gasteiger partial charge in [0, 0.05) is 18.7 Å². The zero-order valence-electron chi connectivity index (χ0n) is 16.2. The van der Waals surface area contributed by atoms with Gasteiger partial charge in [-0.15, -0.1) is 12.4 Å². The van der Waals surface area contributed by atoms with Crippen LogP contribution in [0.3, 0.4) is 0 Å². The van der Waals surface area contributed by atoms with E-state index in [0.29, 0.717) is 23.8 Å². The normalized spacial score (nSPS) is 16.7. The Labute approximate surface area is 166 Å². The van der Waals surface area contributed by atoms with E-state index >= 15 is 0 Å². The molecule has 2 aromatic rings. The molecule has 27 heavy (non-hydrogen) atoms. The molecule has 1 N–H and O–H groups in total. The van der Waals surface area contributed by atoms with Crippen molar-refractivity contribution in [2.24, 2.45) is 5.92 Å². The van der Waals surface area contributed by atoms with Gasteiger partial charge in [0.1, 0.15) is 18.1 Å². The third-order valence-electron chi connectivity index (χ3n) is 4.94. The van der Waals surface area contributed by atoms with Gasteiger partial charge in [0.15, 0.2) is 0 Å². The maximum absolute atomic E-state index is 12.9. The fourth-order valence-electron chi connectivity index (χ4n) is 3.47. The molecule has 1 aromatic carbocycles. The van der Waals surface area contributed by atoms with Crippen molar-refractivity contribution >= 4 is 18.3 Å². The molecule has 0 bridgehead atoms. The number of hydrogen-bond donors (Lipinski definition) is 1. The Morgan fingerprint density at radius 2 is 2.22 bits per heavy atom. The van der Waals surface area contributed by atoms with Gasteiger partial charge in [-0.2, -0.15) is 0 Å². The van der Waals surface area contributed by atoms with Crippen molar-refractivity contribution in [1.29, 1.82) is 0 Å². The second-order valence-electron chi connectivity index (χ2n) is 6.94. The van der Waals surface area contributed by atoms with Crippen molar-refractivity contribution < 1.29 is 14.1 Å². The highest BCUT2D eigenvalue weighted by atomic mass is 35.5. The molecule has 148 valence electrons. The SMILES string of the molecule is CNCC1CCCN(C(=O)c2cccc(OCc3c(C)noc3C)c2)C1.Cl. The second-order valence-corrected chi connectivity index (χ2v) is 6.94. The zero-order chi connectivity index (χ0) is 18.5. The van der Waals surface area contributed by atoms with Crippen molar-refractivity contribution in [3.63, 3.8) is 0 Å². The molecule has 0 saturated carbocycles. The number of benzene rings is 1. The minimum absolute atomic E-state index is 0. The maximum atomic E-state index is 12.9. The molecule has 3 rings (SSSR count). The number of nitrogens with one attached hydrogen (secondary N) is 1. The molecule has 0 spiro atoms. The second kappa shape index (κ2) is 9.76. The lowest BCUT2D eigenvalue weighted by Crippen LogP contribution is -2.42. The van der Waals surface area contributed by atoms with E-state index in [4.69, 9.17) is 9.26 Å². The number of amides is 1. The fourth-order valence-corrected chi connectivity index (χ4v) is 3.47. The molecule has 0 radical (unpaired) electrons. The average molecular weight is 394 g/mol. The fraction of sp³-hybridized carbons (Fsp3) is 0.500. The summed E-state index contributed by atoms with van der Waals surface area (Å²) in [5.41, 5.74) is 2.46. The number of carbonyl (C=O) groups is 1. The number of halogens is 1. The molecule has 1 saturated heterocycles. The first-order valence-electron chi connectivity index (χ1n) is 9.17. The number of carbonyl (C=O) groups excluding carboxylic acids is 1. The van der Waals surface area contributed by atoms with Crippen molar-refractivity contribution in [3.05, 3.63) is 46.8 Å². The highest BCUT2D eigenvalue weighted by Crippen LogP contribution is 2.22.